The topological polar surface area (TPSA) is 58.2 Å². The average molecular weight is 390 g/mol. The number of sulfonamides is 1. The van der Waals surface area contributed by atoms with Crippen LogP contribution in [0.25, 0.3) is 0 Å². The number of halogens is 2. The molecular weight excluding hydrogens is 376 g/mol. The number of rotatable bonds is 5. The van der Waals surface area contributed by atoms with Gasteiger partial charge >= 0.3 is 0 Å². The van der Waals surface area contributed by atoms with Crippen LogP contribution < -0.4 is 10.0 Å². The van der Waals surface area contributed by atoms with Crippen LogP contribution >= 0.6 is 27.5 Å². The number of nitrogens with one attached hydrogen (secondary N) is 2. The maximum atomic E-state index is 11.1. The molecule has 0 saturated heterocycles. The zero-order valence-electron chi connectivity index (χ0n) is 11.2. The molecule has 0 aromatic heterocycles. The van der Waals surface area contributed by atoms with Crippen molar-refractivity contribution in [1.82, 2.24) is 0 Å². The maximum absolute atomic E-state index is 11.1. The predicted octanol–water partition coefficient (Wildman–Crippen LogP) is 4.09. The van der Waals surface area contributed by atoms with Crippen LogP contribution in [0.3, 0.4) is 0 Å². The van der Waals surface area contributed by atoms with E-state index >= 15 is 0 Å². The number of hydrogen-bond donors (Lipinski definition) is 2. The van der Waals surface area contributed by atoms with Gasteiger partial charge in [-0.3, -0.25) is 4.72 Å². The summed E-state index contributed by atoms with van der Waals surface area (Å²) in [5, 5.41) is 3.93. The number of hydrogen-bond acceptors (Lipinski definition) is 3. The van der Waals surface area contributed by atoms with E-state index in [4.69, 9.17) is 11.6 Å². The first kappa shape index (κ1) is 16.1. The highest BCUT2D eigenvalue weighted by Crippen LogP contribution is 2.22. The number of benzene rings is 2. The van der Waals surface area contributed by atoms with E-state index in [9.17, 15) is 8.42 Å². The summed E-state index contributed by atoms with van der Waals surface area (Å²) in [7, 11) is -3.25. The minimum absolute atomic E-state index is 0.531. The maximum Gasteiger partial charge on any atom is 0.229 e. The van der Waals surface area contributed by atoms with E-state index in [1.807, 2.05) is 18.2 Å². The van der Waals surface area contributed by atoms with E-state index in [1.165, 1.54) is 0 Å². The first-order valence-electron chi connectivity index (χ1n) is 6.09. The summed E-state index contributed by atoms with van der Waals surface area (Å²) in [6.07, 6.45) is 1.12. The fraction of sp³-hybridized carbons (Fsp3) is 0.143. The van der Waals surface area contributed by atoms with Crippen molar-refractivity contribution >= 4 is 48.9 Å². The van der Waals surface area contributed by atoms with E-state index < -0.39 is 10.0 Å². The Hall–Kier alpha value is -1.24. The second-order valence-corrected chi connectivity index (χ2v) is 7.61. The molecule has 0 saturated carbocycles. The lowest BCUT2D eigenvalue weighted by atomic mass is 10.2. The lowest BCUT2D eigenvalue weighted by Crippen LogP contribution is -2.09. The van der Waals surface area contributed by atoms with Gasteiger partial charge in [0.15, 0.2) is 0 Å². The van der Waals surface area contributed by atoms with Gasteiger partial charge in [0.25, 0.3) is 0 Å². The molecule has 2 aromatic carbocycles. The second kappa shape index (κ2) is 6.68. The summed E-state index contributed by atoms with van der Waals surface area (Å²) in [6.45, 7) is 0.580. The molecule has 0 aliphatic rings. The molecule has 0 heterocycles. The van der Waals surface area contributed by atoms with Crippen molar-refractivity contribution in [2.24, 2.45) is 0 Å². The van der Waals surface area contributed by atoms with Crippen LogP contribution in [0.15, 0.2) is 46.9 Å². The molecule has 4 nitrogen and oxygen atoms in total. The predicted molar refractivity (Wildman–Crippen MR) is 91.4 cm³/mol. The zero-order valence-corrected chi connectivity index (χ0v) is 14.4. The fourth-order valence-electron chi connectivity index (χ4n) is 1.75. The van der Waals surface area contributed by atoms with E-state index in [-0.39, 0.29) is 0 Å². The molecule has 0 unspecified atom stereocenters. The van der Waals surface area contributed by atoms with Gasteiger partial charge in [-0.2, -0.15) is 0 Å². The van der Waals surface area contributed by atoms with Crippen LogP contribution in [-0.2, 0) is 16.6 Å². The molecule has 2 rings (SSSR count). The largest absolute Gasteiger partial charge is 0.381 e. The quantitative estimate of drug-likeness (QED) is 0.810. The van der Waals surface area contributed by atoms with Crippen LogP contribution in [0.4, 0.5) is 11.4 Å². The van der Waals surface area contributed by atoms with Crippen LogP contribution in [-0.4, -0.2) is 14.7 Å². The molecule has 0 amide bonds. The van der Waals surface area contributed by atoms with Gasteiger partial charge in [0.05, 0.1) is 6.26 Å². The molecule has 0 fully saturated rings. The molecular formula is C14H14BrClN2O2S. The fourth-order valence-corrected chi connectivity index (χ4v) is 2.90. The summed E-state index contributed by atoms with van der Waals surface area (Å²) in [4.78, 5) is 0. The van der Waals surface area contributed by atoms with Crippen molar-refractivity contribution < 1.29 is 8.42 Å². The number of anilines is 2. The second-order valence-electron chi connectivity index (χ2n) is 4.54. The van der Waals surface area contributed by atoms with E-state index in [2.05, 4.69) is 26.0 Å². The van der Waals surface area contributed by atoms with Gasteiger partial charge in [-0.05, 0) is 48.0 Å². The molecule has 0 radical (unpaired) electrons. The highest BCUT2D eigenvalue weighted by Gasteiger charge is 2.03. The van der Waals surface area contributed by atoms with Crippen LogP contribution in [0, 0.1) is 0 Å². The Morgan fingerprint density at radius 1 is 1.10 bits per heavy atom. The summed E-state index contributed by atoms with van der Waals surface area (Å²) in [5.74, 6) is 0. The Kier molecular flexibility index (Phi) is 5.13. The standard InChI is InChI=1S/C14H14BrClN2O2S/c1-21(19,20)18-13-5-3-12(4-6-13)17-9-10-8-11(15)2-7-14(10)16/h2-8,17-18H,9H2,1H3. The minimum Gasteiger partial charge on any atom is -0.381 e. The Morgan fingerprint density at radius 3 is 2.33 bits per heavy atom. The highest BCUT2D eigenvalue weighted by molar-refractivity contribution is 9.10. The van der Waals surface area contributed by atoms with Gasteiger partial charge in [0.1, 0.15) is 0 Å². The molecule has 2 N–H and O–H groups in total. The van der Waals surface area contributed by atoms with Crippen molar-refractivity contribution in [2.75, 3.05) is 16.3 Å². The van der Waals surface area contributed by atoms with E-state index in [0.717, 1.165) is 22.0 Å². The molecule has 21 heavy (non-hydrogen) atoms. The smallest absolute Gasteiger partial charge is 0.229 e. The SMILES string of the molecule is CS(=O)(=O)Nc1ccc(NCc2cc(Br)ccc2Cl)cc1. The van der Waals surface area contributed by atoms with Crippen LogP contribution in [0.1, 0.15) is 5.56 Å². The van der Waals surface area contributed by atoms with E-state index in [1.54, 1.807) is 24.3 Å². The van der Waals surface area contributed by atoms with Crippen molar-refractivity contribution in [3.05, 3.63) is 57.5 Å². The van der Waals surface area contributed by atoms with Crippen LogP contribution in [0.5, 0.6) is 0 Å². The summed E-state index contributed by atoms with van der Waals surface area (Å²) in [6, 6.07) is 12.7. The van der Waals surface area contributed by atoms with Crippen molar-refractivity contribution in [3.63, 3.8) is 0 Å². The molecule has 0 atom stereocenters. The minimum atomic E-state index is -3.25. The van der Waals surface area contributed by atoms with Crippen molar-refractivity contribution in [1.29, 1.82) is 0 Å². The molecule has 0 bridgehead atoms. The van der Waals surface area contributed by atoms with Gasteiger partial charge in [-0.25, -0.2) is 8.42 Å². The van der Waals surface area contributed by atoms with Gasteiger partial charge in [-0.1, -0.05) is 27.5 Å². The zero-order chi connectivity index (χ0) is 15.5. The molecule has 0 aliphatic heterocycles. The summed E-state index contributed by atoms with van der Waals surface area (Å²) >= 11 is 9.53. The average Bonchev–Trinajstić information content (AvgIpc) is 2.40. The van der Waals surface area contributed by atoms with Gasteiger partial charge in [0, 0.05) is 27.4 Å². The lowest BCUT2D eigenvalue weighted by molar-refractivity contribution is 0.607. The first-order valence-corrected chi connectivity index (χ1v) is 9.15. The Bertz CT molecular complexity index is 733. The van der Waals surface area contributed by atoms with E-state index in [0.29, 0.717) is 17.3 Å². The molecule has 112 valence electrons. The summed E-state index contributed by atoms with van der Waals surface area (Å²) in [5.41, 5.74) is 2.39. The third kappa shape index (κ3) is 5.22. The molecule has 2 aromatic rings. The lowest BCUT2D eigenvalue weighted by Gasteiger charge is -2.10. The van der Waals surface area contributed by atoms with Crippen LogP contribution in [0.2, 0.25) is 5.02 Å². The van der Waals surface area contributed by atoms with Crippen molar-refractivity contribution in [3.8, 4) is 0 Å². The molecule has 0 aliphatic carbocycles. The van der Waals surface area contributed by atoms with Gasteiger partial charge in [-0.15, -0.1) is 0 Å². The first-order chi connectivity index (χ1) is 9.83. The Labute approximate surface area is 137 Å². The Morgan fingerprint density at radius 2 is 1.71 bits per heavy atom. The molecule has 7 heteroatoms. The van der Waals surface area contributed by atoms with Gasteiger partial charge < -0.3 is 5.32 Å². The van der Waals surface area contributed by atoms with Gasteiger partial charge in [0.2, 0.25) is 10.0 Å². The summed E-state index contributed by atoms with van der Waals surface area (Å²) < 4.78 is 25.6. The third-order valence-electron chi connectivity index (χ3n) is 2.68. The monoisotopic (exact) mass is 388 g/mol. The highest BCUT2D eigenvalue weighted by atomic mass is 79.9. The third-order valence-corrected chi connectivity index (χ3v) is 4.15. The normalized spacial score (nSPS) is 11.2. The molecule has 0 spiro atoms. The Balaban J connectivity index is 2.02. The van der Waals surface area contributed by atoms with Crippen molar-refractivity contribution in [2.45, 2.75) is 6.54 Å².